The number of likely N-dealkylation sites (N-methyl/N-ethyl adjacent to an activating group) is 1. The Hall–Kier alpha value is -1.67. The van der Waals surface area contributed by atoms with Crippen molar-refractivity contribution in [2.24, 2.45) is 0 Å². The molecule has 0 bridgehead atoms. The van der Waals surface area contributed by atoms with Crippen molar-refractivity contribution < 1.29 is 0 Å². The molecule has 2 aromatic rings. The molecule has 3 rings (SSSR count). The topological polar surface area (TPSA) is 24.9 Å². The molecule has 1 aromatic heterocycles. The summed E-state index contributed by atoms with van der Waals surface area (Å²) in [4.78, 5) is 4.26. The van der Waals surface area contributed by atoms with Gasteiger partial charge in [-0.2, -0.15) is 0 Å². The Morgan fingerprint density at radius 1 is 1.24 bits per heavy atom. The predicted molar refractivity (Wildman–Crippen MR) is 87.5 cm³/mol. The van der Waals surface area contributed by atoms with Crippen molar-refractivity contribution in [3.63, 3.8) is 0 Å². The molecule has 0 radical (unpaired) electrons. The maximum atomic E-state index is 4.26. The molecule has 1 N–H and O–H groups in total. The molecule has 21 heavy (non-hydrogen) atoms. The lowest BCUT2D eigenvalue weighted by Crippen LogP contribution is -2.38. The fraction of sp³-hybridized carbons (Fsp3) is 0.421. The highest BCUT2D eigenvalue weighted by Crippen LogP contribution is 2.34. The maximum Gasteiger partial charge on any atom is 0.0300 e. The van der Waals surface area contributed by atoms with Crippen LogP contribution in [0, 0.1) is 0 Å². The molecule has 2 heteroatoms. The highest BCUT2D eigenvalue weighted by atomic mass is 14.9. The SMILES string of the molecule is CCNC(Cc1cccnc1)C1CCCc2ccccc21. The van der Waals surface area contributed by atoms with Crippen LogP contribution in [-0.4, -0.2) is 17.6 Å². The zero-order chi connectivity index (χ0) is 14.5. The van der Waals surface area contributed by atoms with Gasteiger partial charge in [-0.25, -0.2) is 0 Å². The first-order chi connectivity index (χ1) is 10.4. The maximum absolute atomic E-state index is 4.26. The van der Waals surface area contributed by atoms with Gasteiger partial charge in [0.1, 0.15) is 0 Å². The second-order valence-electron chi connectivity index (χ2n) is 5.93. The number of nitrogens with zero attached hydrogens (tertiary/aromatic N) is 1. The fourth-order valence-corrected chi connectivity index (χ4v) is 3.60. The van der Waals surface area contributed by atoms with E-state index in [-0.39, 0.29) is 0 Å². The van der Waals surface area contributed by atoms with Gasteiger partial charge in [0.05, 0.1) is 0 Å². The number of aromatic nitrogens is 1. The predicted octanol–water partition coefficient (Wildman–Crippen LogP) is 3.72. The molecule has 1 aromatic carbocycles. The van der Waals surface area contributed by atoms with E-state index in [0.717, 1.165) is 13.0 Å². The highest BCUT2D eigenvalue weighted by Gasteiger charge is 2.27. The van der Waals surface area contributed by atoms with Gasteiger partial charge in [0.15, 0.2) is 0 Å². The van der Waals surface area contributed by atoms with Gasteiger partial charge in [-0.05, 0) is 60.9 Å². The molecule has 2 atom stereocenters. The minimum absolute atomic E-state index is 0.501. The Morgan fingerprint density at radius 3 is 2.95 bits per heavy atom. The molecular formula is C19H24N2. The van der Waals surface area contributed by atoms with E-state index in [1.165, 1.54) is 24.8 Å². The highest BCUT2D eigenvalue weighted by molar-refractivity contribution is 5.34. The summed E-state index contributed by atoms with van der Waals surface area (Å²) in [5.41, 5.74) is 4.42. The summed E-state index contributed by atoms with van der Waals surface area (Å²) in [6.45, 7) is 3.22. The van der Waals surface area contributed by atoms with Crippen LogP contribution in [0.2, 0.25) is 0 Å². The van der Waals surface area contributed by atoms with Gasteiger partial charge in [-0.1, -0.05) is 37.3 Å². The van der Waals surface area contributed by atoms with Crippen molar-refractivity contribution in [2.45, 2.75) is 44.6 Å². The molecule has 1 heterocycles. The first kappa shape index (κ1) is 14.3. The summed E-state index contributed by atoms with van der Waals surface area (Å²) < 4.78 is 0. The lowest BCUT2D eigenvalue weighted by molar-refractivity contribution is 0.395. The molecule has 0 aliphatic heterocycles. The quantitative estimate of drug-likeness (QED) is 0.903. The number of hydrogen-bond donors (Lipinski definition) is 1. The Labute approximate surface area is 127 Å². The number of nitrogens with one attached hydrogen (secondary N) is 1. The average Bonchev–Trinajstić information content (AvgIpc) is 2.55. The number of benzene rings is 1. The lowest BCUT2D eigenvalue weighted by atomic mass is 9.77. The summed E-state index contributed by atoms with van der Waals surface area (Å²) in [6.07, 6.45) is 8.73. The van der Waals surface area contributed by atoms with E-state index >= 15 is 0 Å². The second-order valence-corrected chi connectivity index (χ2v) is 5.93. The number of pyridine rings is 1. The average molecular weight is 280 g/mol. The third kappa shape index (κ3) is 3.33. The standard InChI is InChI=1S/C19H24N2/c1-2-21-19(13-15-7-6-12-20-14-15)18-11-5-9-16-8-3-4-10-17(16)18/h3-4,6-8,10,12,14,18-19,21H,2,5,9,11,13H2,1H3. The Morgan fingerprint density at radius 2 is 2.14 bits per heavy atom. The van der Waals surface area contributed by atoms with Crippen molar-refractivity contribution in [3.05, 3.63) is 65.5 Å². The van der Waals surface area contributed by atoms with Crippen molar-refractivity contribution in [2.75, 3.05) is 6.54 Å². The van der Waals surface area contributed by atoms with Crippen LogP contribution in [0.25, 0.3) is 0 Å². The van der Waals surface area contributed by atoms with Gasteiger partial charge in [0.2, 0.25) is 0 Å². The Balaban J connectivity index is 1.84. The van der Waals surface area contributed by atoms with E-state index in [0.29, 0.717) is 12.0 Å². The molecule has 1 aliphatic rings. The van der Waals surface area contributed by atoms with Crippen molar-refractivity contribution in [1.29, 1.82) is 0 Å². The lowest BCUT2D eigenvalue weighted by Gasteiger charge is -2.33. The van der Waals surface area contributed by atoms with Crippen LogP contribution in [0.15, 0.2) is 48.8 Å². The van der Waals surface area contributed by atoms with E-state index in [9.17, 15) is 0 Å². The normalized spacial score (nSPS) is 19.0. The van der Waals surface area contributed by atoms with Crippen LogP contribution in [0.5, 0.6) is 0 Å². The molecule has 2 nitrogen and oxygen atoms in total. The van der Waals surface area contributed by atoms with Crippen LogP contribution in [0.4, 0.5) is 0 Å². The van der Waals surface area contributed by atoms with E-state index in [1.807, 2.05) is 18.5 Å². The first-order valence-electron chi connectivity index (χ1n) is 8.08. The number of fused-ring (bicyclic) bond motifs is 1. The summed E-state index contributed by atoms with van der Waals surface area (Å²) in [5, 5.41) is 3.71. The summed E-state index contributed by atoms with van der Waals surface area (Å²) in [6, 6.07) is 13.7. The van der Waals surface area contributed by atoms with Crippen LogP contribution < -0.4 is 5.32 Å². The van der Waals surface area contributed by atoms with Crippen LogP contribution in [0.1, 0.15) is 42.4 Å². The zero-order valence-electron chi connectivity index (χ0n) is 12.8. The van der Waals surface area contributed by atoms with Crippen LogP contribution in [0.3, 0.4) is 0 Å². The second kappa shape index (κ2) is 6.86. The molecule has 0 saturated carbocycles. The fourth-order valence-electron chi connectivity index (χ4n) is 3.60. The first-order valence-corrected chi connectivity index (χ1v) is 8.08. The zero-order valence-corrected chi connectivity index (χ0v) is 12.8. The van der Waals surface area contributed by atoms with Gasteiger partial charge >= 0.3 is 0 Å². The van der Waals surface area contributed by atoms with Gasteiger partial charge in [0.25, 0.3) is 0 Å². The van der Waals surface area contributed by atoms with E-state index in [2.05, 4.69) is 47.6 Å². The minimum atomic E-state index is 0.501. The van der Waals surface area contributed by atoms with Crippen LogP contribution >= 0.6 is 0 Å². The number of rotatable bonds is 5. The number of hydrogen-bond acceptors (Lipinski definition) is 2. The largest absolute Gasteiger partial charge is 0.313 e. The molecule has 0 fully saturated rings. The summed E-state index contributed by atoms with van der Waals surface area (Å²) in [5.74, 6) is 0.620. The third-order valence-electron chi connectivity index (χ3n) is 4.55. The van der Waals surface area contributed by atoms with E-state index in [4.69, 9.17) is 0 Å². The smallest absolute Gasteiger partial charge is 0.0300 e. The summed E-state index contributed by atoms with van der Waals surface area (Å²) >= 11 is 0. The molecule has 110 valence electrons. The Bertz CT molecular complexity index is 565. The monoisotopic (exact) mass is 280 g/mol. The summed E-state index contributed by atoms with van der Waals surface area (Å²) in [7, 11) is 0. The number of aryl methyl sites for hydroxylation is 1. The van der Waals surface area contributed by atoms with Gasteiger partial charge in [-0.15, -0.1) is 0 Å². The van der Waals surface area contributed by atoms with E-state index < -0.39 is 0 Å². The molecule has 2 unspecified atom stereocenters. The minimum Gasteiger partial charge on any atom is -0.313 e. The van der Waals surface area contributed by atoms with Gasteiger partial charge in [0, 0.05) is 18.4 Å². The molecular weight excluding hydrogens is 256 g/mol. The molecule has 1 aliphatic carbocycles. The molecule has 0 saturated heterocycles. The Kier molecular flexibility index (Phi) is 4.66. The molecule has 0 spiro atoms. The van der Waals surface area contributed by atoms with Crippen molar-refractivity contribution >= 4 is 0 Å². The molecule has 0 amide bonds. The van der Waals surface area contributed by atoms with Gasteiger partial charge in [-0.3, -0.25) is 4.98 Å². The van der Waals surface area contributed by atoms with Gasteiger partial charge < -0.3 is 5.32 Å². The van der Waals surface area contributed by atoms with E-state index in [1.54, 1.807) is 11.1 Å². The van der Waals surface area contributed by atoms with Crippen molar-refractivity contribution in [1.82, 2.24) is 10.3 Å². The third-order valence-corrected chi connectivity index (χ3v) is 4.55. The van der Waals surface area contributed by atoms with Crippen molar-refractivity contribution in [3.8, 4) is 0 Å². The van der Waals surface area contributed by atoms with Crippen LogP contribution in [-0.2, 0) is 12.8 Å².